The van der Waals surface area contributed by atoms with Crippen LogP contribution in [-0.4, -0.2) is 54.9 Å². The topological polar surface area (TPSA) is 86.9 Å². The molecule has 0 aromatic heterocycles. The van der Waals surface area contributed by atoms with Crippen LogP contribution in [0.4, 0.5) is 11.4 Å². The van der Waals surface area contributed by atoms with Crippen molar-refractivity contribution in [2.24, 2.45) is 5.73 Å². The number of carbonyl (C=O) groups is 2. The van der Waals surface area contributed by atoms with Crippen LogP contribution in [0.3, 0.4) is 0 Å². The summed E-state index contributed by atoms with van der Waals surface area (Å²) in [5, 5.41) is 8.74. The highest BCUT2D eigenvalue weighted by atomic mass is 35.5. The summed E-state index contributed by atoms with van der Waals surface area (Å²) >= 11 is 11.6. The molecule has 0 aliphatic rings. The van der Waals surface area contributed by atoms with Gasteiger partial charge < -0.3 is 20.6 Å². The van der Waals surface area contributed by atoms with E-state index in [0.717, 1.165) is 5.69 Å². The Balaban J connectivity index is 2.93. The second-order valence-electron chi connectivity index (χ2n) is 4.99. The van der Waals surface area contributed by atoms with Crippen molar-refractivity contribution < 1.29 is 14.7 Å². The monoisotopic (exact) mass is 361 g/mol. The molecular formula is C15H21Cl2N3O3. The van der Waals surface area contributed by atoms with Gasteiger partial charge in [-0.25, -0.2) is 0 Å². The molecule has 0 aliphatic carbocycles. The normalized spacial score (nSPS) is 11.8. The average molecular weight is 362 g/mol. The molecule has 1 atom stereocenters. The third-order valence-electron chi connectivity index (χ3n) is 3.33. The van der Waals surface area contributed by atoms with Gasteiger partial charge in [-0.3, -0.25) is 9.59 Å². The van der Waals surface area contributed by atoms with Crippen molar-refractivity contribution in [2.75, 3.05) is 41.7 Å². The summed E-state index contributed by atoms with van der Waals surface area (Å²) < 4.78 is 0. The van der Waals surface area contributed by atoms with E-state index in [4.69, 9.17) is 34.0 Å². The zero-order valence-electron chi connectivity index (χ0n) is 12.9. The minimum Gasteiger partial charge on any atom is -0.481 e. The molecule has 0 spiro atoms. The minimum atomic E-state index is -1.11. The second-order valence-corrected chi connectivity index (χ2v) is 5.74. The van der Waals surface area contributed by atoms with Crippen molar-refractivity contribution in [3.8, 4) is 0 Å². The van der Waals surface area contributed by atoms with E-state index in [1.54, 1.807) is 13.1 Å². The van der Waals surface area contributed by atoms with E-state index in [1.165, 1.54) is 4.90 Å². The summed E-state index contributed by atoms with van der Waals surface area (Å²) in [5.74, 6) is -0.646. The lowest BCUT2D eigenvalue weighted by molar-refractivity contribution is -0.139. The Morgan fingerprint density at radius 3 is 2.30 bits per heavy atom. The molecule has 0 aliphatic heterocycles. The lowest BCUT2D eigenvalue weighted by Crippen LogP contribution is -2.43. The Kier molecular flexibility index (Phi) is 8.16. The second kappa shape index (κ2) is 9.60. The third-order valence-corrected chi connectivity index (χ3v) is 3.67. The van der Waals surface area contributed by atoms with Gasteiger partial charge in [0, 0.05) is 43.3 Å². The van der Waals surface area contributed by atoms with Gasteiger partial charge in [0.25, 0.3) is 0 Å². The molecule has 8 heteroatoms. The quantitative estimate of drug-likeness (QED) is 0.654. The van der Waals surface area contributed by atoms with E-state index >= 15 is 0 Å². The highest BCUT2D eigenvalue weighted by molar-refractivity contribution is 6.18. The SMILES string of the molecule is CN(C(=O)[C@H](N)CC(=O)O)c1cccc(N(CCCl)CCCl)c1. The number of halogens is 2. The fraction of sp³-hybridized carbons (Fsp3) is 0.467. The van der Waals surface area contributed by atoms with E-state index in [-0.39, 0.29) is 0 Å². The summed E-state index contributed by atoms with van der Waals surface area (Å²) in [6.45, 7) is 1.27. The number of hydrogen-bond donors (Lipinski definition) is 2. The first-order chi connectivity index (χ1) is 10.9. The van der Waals surface area contributed by atoms with Crippen molar-refractivity contribution in [2.45, 2.75) is 12.5 Å². The van der Waals surface area contributed by atoms with Crippen molar-refractivity contribution in [1.82, 2.24) is 0 Å². The fourth-order valence-corrected chi connectivity index (χ4v) is 2.53. The molecule has 0 saturated heterocycles. The fourth-order valence-electron chi connectivity index (χ4n) is 2.12. The maximum Gasteiger partial charge on any atom is 0.305 e. The number of carbonyl (C=O) groups excluding carboxylic acids is 1. The van der Waals surface area contributed by atoms with Crippen LogP contribution in [0.5, 0.6) is 0 Å². The molecule has 0 fully saturated rings. The third kappa shape index (κ3) is 5.89. The number of hydrogen-bond acceptors (Lipinski definition) is 4. The molecule has 3 N–H and O–H groups in total. The molecule has 0 unspecified atom stereocenters. The van der Waals surface area contributed by atoms with Crippen molar-refractivity contribution in [3.63, 3.8) is 0 Å². The van der Waals surface area contributed by atoms with Gasteiger partial charge in [0.05, 0.1) is 12.5 Å². The number of carboxylic acids is 1. The van der Waals surface area contributed by atoms with Gasteiger partial charge in [-0.05, 0) is 18.2 Å². The molecule has 0 bridgehead atoms. The number of anilines is 2. The molecule has 1 rings (SSSR count). The maximum atomic E-state index is 12.2. The van der Waals surface area contributed by atoms with Crippen LogP contribution in [0.25, 0.3) is 0 Å². The van der Waals surface area contributed by atoms with Gasteiger partial charge in [-0.2, -0.15) is 0 Å². The molecule has 23 heavy (non-hydrogen) atoms. The van der Waals surface area contributed by atoms with E-state index in [0.29, 0.717) is 30.5 Å². The first-order valence-electron chi connectivity index (χ1n) is 7.12. The van der Waals surface area contributed by atoms with Crippen molar-refractivity contribution in [1.29, 1.82) is 0 Å². The molecule has 0 saturated carbocycles. The molecule has 1 aromatic carbocycles. The standard InChI is InChI=1S/C15H21Cl2N3O3/c1-19(15(23)13(18)10-14(21)22)11-3-2-4-12(9-11)20(7-5-16)8-6-17/h2-4,9,13H,5-8,10,18H2,1H3,(H,21,22)/t13-/m1/s1. The van der Waals surface area contributed by atoms with Gasteiger partial charge in [-0.1, -0.05) is 6.07 Å². The van der Waals surface area contributed by atoms with Gasteiger partial charge >= 0.3 is 5.97 Å². The van der Waals surface area contributed by atoms with Crippen LogP contribution in [0.1, 0.15) is 6.42 Å². The number of alkyl halides is 2. The van der Waals surface area contributed by atoms with Gasteiger partial charge in [0.15, 0.2) is 0 Å². The first kappa shape index (κ1) is 19.5. The number of rotatable bonds is 9. The lowest BCUT2D eigenvalue weighted by Gasteiger charge is -2.26. The van der Waals surface area contributed by atoms with E-state index in [1.807, 2.05) is 23.1 Å². The van der Waals surface area contributed by atoms with Gasteiger partial charge in [0.1, 0.15) is 0 Å². The molecular weight excluding hydrogens is 341 g/mol. The Morgan fingerprint density at radius 2 is 1.78 bits per heavy atom. The minimum absolute atomic E-state index is 0.409. The molecule has 0 radical (unpaired) electrons. The number of likely N-dealkylation sites (N-methyl/N-ethyl adjacent to an activating group) is 1. The van der Waals surface area contributed by atoms with E-state index in [9.17, 15) is 9.59 Å². The maximum absolute atomic E-state index is 12.2. The van der Waals surface area contributed by atoms with Crippen LogP contribution < -0.4 is 15.5 Å². The summed E-state index contributed by atoms with van der Waals surface area (Å²) in [6.07, 6.45) is -0.409. The largest absolute Gasteiger partial charge is 0.481 e. The number of benzene rings is 1. The highest BCUT2D eigenvalue weighted by Crippen LogP contribution is 2.22. The summed E-state index contributed by atoms with van der Waals surface area (Å²) in [6, 6.07) is 6.21. The molecule has 0 heterocycles. The Bertz CT molecular complexity index is 536. The lowest BCUT2D eigenvalue weighted by atomic mass is 10.1. The Labute approximate surface area is 145 Å². The predicted molar refractivity (Wildman–Crippen MR) is 93.7 cm³/mol. The zero-order valence-corrected chi connectivity index (χ0v) is 14.4. The van der Waals surface area contributed by atoms with Crippen molar-refractivity contribution >= 4 is 46.5 Å². The summed E-state index contributed by atoms with van der Waals surface area (Å²) in [4.78, 5) is 26.2. The highest BCUT2D eigenvalue weighted by Gasteiger charge is 2.22. The number of aliphatic carboxylic acids is 1. The number of carboxylic acid groups (broad SMARTS) is 1. The average Bonchev–Trinajstić information content (AvgIpc) is 2.52. The van der Waals surface area contributed by atoms with Gasteiger partial charge in [0.2, 0.25) is 5.91 Å². The van der Waals surface area contributed by atoms with Crippen molar-refractivity contribution in [3.05, 3.63) is 24.3 Å². The number of nitrogens with two attached hydrogens (primary N) is 1. The summed E-state index contributed by atoms with van der Waals surface area (Å²) in [5.41, 5.74) is 7.14. The van der Waals surface area contributed by atoms with Crippen LogP contribution in [0.2, 0.25) is 0 Å². The van der Waals surface area contributed by atoms with Crippen LogP contribution in [0.15, 0.2) is 24.3 Å². The number of nitrogens with zero attached hydrogens (tertiary/aromatic N) is 2. The smallest absolute Gasteiger partial charge is 0.305 e. The van der Waals surface area contributed by atoms with Gasteiger partial charge in [-0.15, -0.1) is 23.2 Å². The van der Waals surface area contributed by atoms with Crippen LogP contribution in [0, 0.1) is 0 Å². The molecule has 1 aromatic rings. The Morgan fingerprint density at radius 1 is 1.22 bits per heavy atom. The Hall–Kier alpha value is -1.50. The molecule has 6 nitrogen and oxygen atoms in total. The zero-order chi connectivity index (χ0) is 17.4. The first-order valence-corrected chi connectivity index (χ1v) is 8.19. The van der Waals surface area contributed by atoms with Crippen LogP contribution in [-0.2, 0) is 9.59 Å². The molecule has 1 amide bonds. The molecule has 128 valence electrons. The predicted octanol–water partition coefficient (Wildman–Crippen LogP) is 1.74. The van der Waals surface area contributed by atoms with E-state index in [2.05, 4.69) is 0 Å². The summed E-state index contributed by atoms with van der Waals surface area (Å²) in [7, 11) is 1.57. The number of amides is 1. The van der Waals surface area contributed by atoms with Crippen LogP contribution >= 0.6 is 23.2 Å². The van der Waals surface area contributed by atoms with E-state index < -0.39 is 24.3 Å².